The summed E-state index contributed by atoms with van der Waals surface area (Å²) < 4.78 is 26.4. The SMILES string of the molecule is CNC(=O)c1ccc(C[NH+](C)CC(=O)Nc2ccc(C)c(S(=O)(=O)NC)c2)cc1. The molecule has 0 saturated carbocycles. The minimum atomic E-state index is -3.60. The van der Waals surface area contributed by atoms with Crippen molar-refractivity contribution in [2.24, 2.45) is 0 Å². The number of anilines is 1. The zero-order valence-electron chi connectivity index (χ0n) is 17.0. The number of nitrogens with one attached hydrogen (secondary N) is 4. The number of hydrogen-bond acceptors (Lipinski definition) is 4. The lowest BCUT2D eigenvalue weighted by atomic mass is 10.1. The van der Waals surface area contributed by atoms with Crippen LogP contribution in [-0.2, 0) is 21.4 Å². The molecule has 0 aliphatic carbocycles. The fourth-order valence-electron chi connectivity index (χ4n) is 2.89. The number of hydrogen-bond donors (Lipinski definition) is 4. The van der Waals surface area contributed by atoms with Crippen molar-refractivity contribution in [3.63, 3.8) is 0 Å². The van der Waals surface area contributed by atoms with Crippen LogP contribution in [0.1, 0.15) is 21.5 Å². The van der Waals surface area contributed by atoms with Crippen molar-refractivity contribution in [3.05, 3.63) is 59.2 Å². The van der Waals surface area contributed by atoms with Crippen LogP contribution in [0, 0.1) is 6.92 Å². The smallest absolute Gasteiger partial charge is 0.279 e. The molecule has 2 rings (SSSR count). The molecule has 0 heterocycles. The first-order valence-corrected chi connectivity index (χ1v) is 10.6. The van der Waals surface area contributed by atoms with Crippen molar-refractivity contribution in [3.8, 4) is 0 Å². The molecule has 0 saturated heterocycles. The summed E-state index contributed by atoms with van der Waals surface area (Å²) in [6.07, 6.45) is 0. The van der Waals surface area contributed by atoms with Crippen molar-refractivity contribution in [1.29, 1.82) is 0 Å². The highest BCUT2D eigenvalue weighted by Crippen LogP contribution is 2.19. The quantitative estimate of drug-likeness (QED) is 0.480. The van der Waals surface area contributed by atoms with Crippen LogP contribution >= 0.6 is 0 Å². The molecule has 1 atom stereocenters. The monoisotopic (exact) mass is 419 g/mol. The van der Waals surface area contributed by atoms with Crippen molar-refractivity contribution < 1.29 is 22.9 Å². The predicted molar refractivity (Wildman–Crippen MR) is 111 cm³/mol. The average molecular weight is 420 g/mol. The Morgan fingerprint density at radius 2 is 1.69 bits per heavy atom. The van der Waals surface area contributed by atoms with E-state index in [9.17, 15) is 18.0 Å². The minimum absolute atomic E-state index is 0.134. The number of benzene rings is 2. The summed E-state index contributed by atoms with van der Waals surface area (Å²) in [5.41, 5.74) is 2.61. The number of amides is 2. The third kappa shape index (κ3) is 6.11. The molecule has 2 aromatic carbocycles. The number of rotatable bonds is 8. The van der Waals surface area contributed by atoms with Crippen LogP contribution in [0.5, 0.6) is 0 Å². The number of carbonyl (C=O) groups is 2. The molecule has 1 unspecified atom stereocenters. The standard InChI is InChI=1S/C20H26N4O4S/c1-14-5-10-17(11-18(14)29(27,28)22-3)23-19(25)13-24(4)12-15-6-8-16(9-7-15)20(26)21-2/h5-11,22H,12-13H2,1-4H3,(H,21,26)(H,23,25)/p+1. The third-order valence-electron chi connectivity index (χ3n) is 4.44. The Bertz CT molecular complexity index is 988. The highest BCUT2D eigenvalue weighted by atomic mass is 32.2. The molecule has 0 bridgehead atoms. The van der Waals surface area contributed by atoms with Gasteiger partial charge < -0.3 is 15.5 Å². The molecular weight excluding hydrogens is 392 g/mol. The molecule has 156 valence electrons. The van der Waals surface area contributed by atoms with Crippen molar-refractivity contribution in [1.82, 2.24) is 10.0 Å². The second kappa shape index (κ2) is 9.64. The van der Waals surface area contributed by atoms with E-state index in [-0.39, 0.29) is 23.3 Å². The summed E-state index contributed by atoms with van der Waals surface area (Å²) in [5, 5.41) is 5.32. The lowest BCUT2D eigenvalue weighted by molar-refractivity contribution is -0.885. The van der Waals surface area contributed by atoms with Gasteiger partial charge in [0.15, 0.2) is 6.54 Å². The van der Waals surface area contributed by atoms with Crippen LogP contribution in [0.15, 0.2) is 47.4 Å². The van der Waals surface area contributed by atoms with Crippen molar-refractivity contribution in [2.45, 2.75) is 18.4 Å². The molecule has 0 aliphatic heterocycles. The largest absolute Gasteiger partial charge is 0.355 e. The van der Waals surface area contributed by atoms with E-state index in [1.165, 1.54) is 13.1 Å². The van der Waals surface area contributed by atoms with E-state index in [4.69, 9.17) is 0 Å². The molecule has 0 spiro atoms. The molecule has 2 amide bonds. The Hall–Kier alpha value is -2.75. The van der Waals surface area contributed by atoms with Crippen LogP contribution < -0.4 is 20.3 Å². The number of sulfonamides is 1. The third-order valence-corrected chi connectivity index (χ3v) is 6.00. The van der Waals surface area contributed by atoms with Gasteiger partial charge in [-0.25, -0.2) is 13.1 Å². The Labute approximate surface area is 171 Å². The van der Waals surface area contributed by atoms with Gasteiger partial charge in [0.2, 0.25) is 10.0 Å². The van der Waals surface area contributed by atoms with Gasteiger partial charge in [-0.3, -0.25) is 9.59 Å². The van der Waals surface area contributed by atoms with Crippen LogP contribution in [0.25, 0.3) is 0 Å². The molecule has 2 aromatic rings. The average Bonchev–Trinajstić information content (AvgIpc) is 2.69. The molecule has 29 heavy (non-hydrogen) atoms. The lowest BCUT2D eigenvalue weighted by Gasteiger charge is -2.15. The normalized spacial score (nSPS) is 12.3. The van der Waals surface area contributed by atoms with Gasteiger partial charge in [0, 0.05) is 23.9 Å². The summed E-state index contributed by atoms with van der Waals surface area (Å²) in [5.74, 6) is -0.365. The summed E-state index contributed by atoms with van der Waals surface area (Å²) in [6.45, 7) is 2.51. The number of aryl methyl sites for hydroxylation is 1. The van der Waals surface area contributed by atoms with Gasteiger partial charge in [-0.15, -0.1) is 0 Å². The van der Waals surface area contributed by atoms with Gasteiger partial charge in [-0.2, -0.15) is 0 Å². The summed E-state index contributed by atoms with van der Waals surface area (Å²) in [4.78, 5) is 25.0. The fraction of sp³-hybridized carbons (Fsp3) is 0.300. The number of likely N-dealkylation sites (N-methyl/N-ethyl adjacent to an activating group) is 1. The highest BCUT2D eigenvalue weighted by molar-refractivity contribution is 7.89. The van der Waals surface area contributed by atoms with Crippen LogP contribution in [0.4, 0.5) is 5.69 Å². The maximum absolute atomic E-state index is 12.4. The molecule has 4 N–H and O–H groups in total. The van der Waals surface area contributed by atoms with Gasteiger partial charge in [0.25, 0.3) is 11.8 Å². The number of quaternary nitrogens is 1. The molecule has 0 fully saturated rings. The Morgan fingerprint density at radius 1 is 1.03 bits per heavy atom. The maximum atomic E-state index is 12.4. The van der Waals surface area contributed by atoms with E-state index < -0.39 is 10.0 Å². The molecule has 0 aliphatic rings. The Kier molecular flexibility index (Phi) is 7.49. The van der Waals surface area contributed by atoms with Crippen molar-refractivity contribution in [2.75, 3.05) is 33.0 Å². The summed E-state index contributed by atoms with van der Waals surface area (Å²) >= 11 is 0. The van der Waals surface area contributed by atoms with E-state index in [1.54, 1.807) is 38.2 Å². The first kappa shape index (κ1) is 22.5. The van der Waals surface area contributed by atoms with Gasteiger partial charge >= 0.3 is 0 Å². The van der Waals surface area contributed by atoms with E-state index in [0.717, 1.165) is 10.5 Å². The predicted octanol–water partition coefficient (Wildman–Crippen LogP) is -0.0839. The fourth-order valence-corrected chi connectivity index (χ4v) is 3.88. The highest BCUT2D eigenvalue weighted by Gasteiger charge is 2.17. The van der Waals surface area contributed by atoms with E-state index in [0.29, 0.717) is 23.4 Å². The van der Waals surface area contributed by atoms with E-state index >= 15 is 0 Å². The Balaban J connectivity index is 1.98. The molecule has 9 heteroatoms. The van der Waals surface area contributed by atoms with Gasteiger partial charge in [0.05, 0.1) is 11.9 Å². The molecular formula is C20H27N4O4S+. The van der Waals surface area contributed by atoms with Gasteiger partial charge in [-0.1, -0.05) is 18.2 Å². The minimum Gasteiger partial charge on any atom is -0.355 e. The molecule has 0 aromatic heterocycles. The van der Waals surface area contributed by atoms with Gasteiger partial charge in [0.1, 0.15) is 6.54 Å². The first-order valence-electron chi connectivity index (χ1n) is 9.12. The second-order valence-electron chi connectivity index (χ2n) is 6.82. The van der Waals surface area contributed by atoms with Gasteiger partial charge in [-0.05, 0) is 43.8 Å². The Morgan fingerprint density at radius 3 is 2.28 bits per heavy atom. The van der Waals surface area contributed by atoms with Crippen LogP contribution in [0.3, 0.4) is 0 Å². The first-order chi connectivity index (χ1) is 13.7. The maximum Gasteiger partial charge on any atom is 0.279 e. The van der Waals surface area contributed by atoms with Crippen molar-refractivity contribution >= 4 is 27.5 Å². The lowest BCUT2D eigenvalue weighted by Crippen LogP contribution is -3.08. The summed E-state index contributed by atoms with van der Waals surface area (Å²) in [6, 6.07) is 12.0. The van der Waals surface area contributed by atoms with E-state index in [1.807, 2.05) is 19.2 Å². The summed E-state index contributed by atoms with van der Waals surface area (Å²) in [7, 11) is 1.22. The zero-order valence-corrected chi connectivity index (χ0v) is 17.8. The molecule has 8 nitrogen and oxygen atoms in total. The number of carbonyl (C=O) groups excluding carboxylic acids is 2. The zero-order chi connectivity index (χ0) is 21.6. The van der Waals surface area contributed by atoms with Crippen LogP contribution in [-0.4, -0.2) is 47.9 Å². The molecule has 0 radical (unpaired) electrons. The topological polar surface area (TPSA) is 109 Å². The van der Waals surface area contributed by atoms with E-state index in [2.05, 4.69) is 15.4 Å². The van der Waals surface area contributed by atoms with Crippen LogP contribution in [0.2, 0.25) is 0 Å². The second-order valence-corrected chi connectivity index (χ2v) is 8.68.